The lowest BCUT2D eigenvalue weighted by Gasteiger charge is -2.26. The van der Waals surface area contributed by atoms with Crippen LogP contribution < -0.4 is 0 Å². The average molecular weight is 305 g/mol. The first-order chi connectivity index (χ1) is 8.41. The molecule has 2 heteroatoms. The lowest BCUT2D eigenvalue weighted by molar-refractivity contribution is 0.101. The fourth-order valence-electron chi connectivity index (χ4n) is 2.29. The second-order valence-electron chi connectivity index (χ2n) is 4.90. The van der Waals surface area contributed by atoms with Crippen LogP contribution in [0.2, 0.25) is 0 Å². The minimum Gasteiger partial charge on any atom is -0.381 e. The molecule has 0 heterocycles. The molecule has 0 amide bonds. The van der Waals surface area contributed by atoms with E-state index in [0.717, 1.165) is 21.2 Å². The van der Waals surface area contributed by atoms with Gasteiger partial charge < -0.3 is 5.11 Å². The monoisotopic (exact) mass is 304 g/mol. The van der Waals surface area contributed by atoms with E-state index in [1.54, 1.807) is 0 Å². The number of hydrogen-bond donors (Lipinski definition) is 1. The summed E-state index contributed by atoms with van der Waals surface area (Å²) in [4.78, 5) is 0. The normalized spacial score (nSPS) is 14.3. The molecule has 0 aliphatic heterocycles. The Balaban J connectivity index is 2.50. The third-order valence-electron chi connectivity index (χ3n) is 3.31. The van der Waals surface area contributed by atoms with E-state index in [2.05, 4.69) is 28.9 Å². The van der Waals surface area contributed by atoms with Crippen LogP contribution in [-0.4, -0.2) is 5.11 Å². The van der Waals surface area contributed by atoms with Gasteiger partial charge in [-0.3, -0.25) is 0 Å². The number of rotatable bonds is 2. The minimum absolute atomic E-state index is 0.901. The van der Waals surface area contributed by atoms with E-state index in [4.69, 9.17) is 0 Å². The highest BCUT2D eigenvalue weighted by Crippen LogP contribution is 2.32. The maximum absolute atomic E-state index is 10.8. The Hall–Kier alpha value is -1.12. The van der Waals surface area contributed by atoms with Crippen molar-refractivity contribution in [1.29, 1.82) is 0 Å². The molecule has 0 aromatic heterocycles. The fourth-order valence-corrected chi connectivity index (χ4v) is 2.55. The molecule has 1 nitrogen and oxygen atoms in total. The van der Waals surface area contributed by atoms with E-state index < -0.39 is 5.60 Å². The van der Waals surface area contributed by atoms with E-state index in [1.165, 1.54) is 5.56 Å². The van der Waals surface area contributed by atoms with Gasteiger partial charge in [-0.2, -0.15) is 0 Å². The van der Waals surface area contributed by atoms with Gasteiger partial charge in [-0.1, -0.05) is 51.8 Å². The molecule has 18 heavy (non-hydrogen) atoms. The molecule has 0 aliphatic rings. The summed E-state index contributed by atoms with van der Waals surface area (Å²) in [6.45, 7) is 5.94. The highest BCUT2D eigenvalue weighted by molar-refractivity contribution is 9.10. The number of hydrogen-bond acceptors (Lipinski definition) is 1. The number of aryl methyl sites for hydroxylation is 2. The van der Waals surface area contributed by atoms with Crippen molar-refractivity contribution in [3.8, 4) is 0 Å². The first-order valence-electron chi connectivity index (χ1n) is 5.97. The lowest BCUT2D eigenvalue weighted by Crippen LogP contribution is -2.23. The molecule has 0 spiro atoms. The molecule has 0 saturated heterocycles. The van der Waals surface area contributed by atoms with Crippen molar-refractivity contribution in [3.05, 3.63) is 69.2 Å². The molecule has 1 unspecified atom stereocenters. The molecular weight excluding hydrogens is 288 g/mol. The maximum Gasteiger partial charge on any atom is 0.112 e. The SMILES string of the molecule is Cc1ccc(C(C)(O)c2ccc(Br)cc2)c(C)c1. The van der Waals surface area contributed by atoms with Crippen LogP contribution in [0.4, 0.5) is 0 Å². The summed E-state index contributed by atoms with van der Waals surface area (Å²) in [6, 6.07) is 13.9. The predicted octanol–water partition coefficient (Wildman–Crippen LogP) is 4.32. The molecule has 94 valence electrons. The summed E-state index contributed by atoms with van der Waals surface area (Å²) in [5.74, 6) is 0. The Labute approximate surface area is 117 Å². The second kappa shape index (κ2) is 4.87. The van der Waals surface area contributed by atoms with Crippen molar-refractivity contribution in [3.63, 3.8) is 0 Å². The zero-order valence-corrected chi connectivity index (χ0v) is 12.5. The Kier molecular flexibility index (Phi) is 3.60. The summed E-state index contributed by atoms with van der Waals surface area (Å²) in [5.41, 5.74) is 3.22. The van der Waals surface area contributed by atoms with Crippen LogP contribution in [0.5, 0.6) is 0 Å². The van der Waals surface area contributed by atoms with Crippen LogP contribution in [0.15, 0.2) is 46.9 Å². The molecule has 2 aromatic rings. The third kappa shape index (κ3) is 2.50. The molecule has 0 radical (unpaired) electrons. The third-order valence-corrected chi connectivity index (χ3v) is 3.84. The molecule has 2 rings (SSSR count). The van der Waals surface area contributed by atoms with Crippen LogP contribution in [0.1, 0.15) is 29.2 Å². The number of benzene rings is 2. The van der Waals surface area contributed by atoms with Gasteiger partial charge in [0, 0.05) is 4.47 Å². The van der Waals surface area contributed by atoms with Crippen molar-refractivity contribution in [2.24, 2.45) is 0 Å². The van der Waals surface area contributed by atoms with Gasteiger partial charge in [0.15, 0.2) is 0 Å². The quantitative estimate of drug-likeness (QED) is 0.876. The van der Waals surface area contributed by atoms with E-state index in [1.807, 2.05) is 50.2 Å². The Morgan fingerprint density at radius 2 is 1.61 bits per heavy atom. The van der Waals surface area contributed by atoms with Crippen LogP contribution in [0.25, 0.3) is 0 Å². The molecule has 0 bridgehead atoms. The zero-order valence-electron chi connectivity index (χ0n) is 10.9. The molecule has 1 N–H and O–H groups in total. The van der Waals surface area contributed by atoms with Crippen molar-refractivity contribution >= 4 is 15.9 Å². The Bertz CT molecular complexity index is 556. The average Bonchev–Trinajstić information content (AvgIpc) is 2.29. The van der Waals surface area contributed by atoms with Crippen molar-refractivity contribution in [2.45, 2.75) is 26.4 Å². The second-order valence-corrected chi connectivity index (χ2v) is 5.81. The van der Waals surface area contributed by atoms with Gasteiger partial charge in [0.25, 0.3) is 0 Å². The van der Waals surface area contributed by atoms with Crippen LogP contribution in [0, 0.1) is 13.8 Å². The highest BCUT2D eigenvalue weighted by Gasteiger charge is 2.26. The zero-order chi connectivity index (χ0) is 13.3. The van der Waals surface area contributed by atoms with Crippen molar-refractivity contribution in [1.82, 2.24) is 0 Å². The van der Waals surface area contributed by atoms with Crippen molar-refractivity contribution < 1.29 is 5.11 Å². The number of halogens is 1. The first kappa shape index (κ1) is 13.3. The fraction of sp³-hybridized carbons (Fsp3) is 0.250. The minimum atomic E-state index is -0.960. The standard InChI is InChI=1S/C16H17BrO/c1-11-4-9-15(12(2)10-11)16(3,18)13-5-7-14(17)8-6-13/h4-10,18H,1-3H3. The smallest absolute Gasteiger partial charge is 0.112 e. The van der Waals surface area contributed by atoms with Gasteiger partial charge >= 0.3 is 0 Å². The molecule has 2 aromatic carbocycles. The summed E-state index contributed by atoms with van der Waals surface area (Å²) >= 11 is 3.41. The number of aliphatic hydroxyl groups is 1. The molecule has 0 aliphatic carbocycles. The molecule has 1 atom stereocenters. The topological polar surface area (TPSA) is 20.2 Å². The summed E-state index contributed by atoms with van der Waals surface area (Å²) in [7, 11) is 0. The molecule has 0 saturated carbocycles. The van der Waals surface area contributed by atoms with Gasteiger partial charge in [-0.15, -0.1) is 0 Å². The predicted molar refractivity (Wildman–Crippen MR) is 78.7 cm³/mol. The van der Waals surface area contributed by atoms with E-state index >= 15 is 0 Å². The largest absolute Gasteiger partial charge is 0.381 e. The Morgan fingerprint density at radius 3 is 2.17 bits per heavy atom. The molecule has 0 fully saturated rings. The highest BCUT2D eigenvalue weighted by atomic mass is 79.9. The van der Waals surface area contributed by atoms with Crippen molar-refractivity contribution in [2.75, 3.05) is 0 Å². The maximum atomic E-state index is 10.8. The van der Waals surface area contributed by atoms with Crippen LogP contribution in [-0.2, 0) is 5.60 Å². The van der Waals surface area contributed by atoms with Crippen LogP contribution in [0.3, 0.4) is 0 Å². The van der Waals surface area contributed by atoms with Gasteiger partial charge in [-0.05, 0) is 49.6 Å². The summed E-state index contributed by atoms with van der Waals surface area (Å²) < 4.78 is 1.02. The first-order valence-corrected chi connectivity index (χ1v) is 6.76. The van der Waals surface area contributed by atoms with Gasteiger partial charge in [0.2, 0.25) is 0 Å². The van der Waals surface area contributed by atoms with E-state index in [0.29, 0.717) is 0 Å². The van der Waals surface area contributed by atoms with E-state index in [9.17, 15) is 5.11 Å². The van der Waals surface area contributed by atoms with E-state index in [-0.39, 0.29) is 0 Å². The molecular formula is C16H17BrO. The van der Waals surface area contributed by atoms with Crippen LogP contribution >= 0.6 is 15.9 Å². The van der Waals surface area contributed by atoms with Gasteiger partial charge in [-0.25, -0.2) is 0 Å². The van der Waals surface area contributed by atoms with Gasteiger partial charge in [0.05, 0.1) is 0 Å². The summed E-state index contributed by atoms with van der Waals surface area (Å²) in [6.07, 6.45) is 0. The Morgan fingerprint density at radius 1 is 1.00 bits per heavy atom. The van der Waals surface area contributed by atoms with Gasteiger partial charge in [0.1, 0.15) is 5.60 Å². The summed E-state index contributed by atoms with van der Waals surface area (Å²) in [5, 5.41) is 10.8. The lowest BCUT2D eigenvalue weighted by atomic mass is 9.85.